The Morgan fingerprint density at radius 3 is 3.16 bits per heavy atom. The SMILES string of the molecule is Cc1csc(NC(=O)C2CNc3ccccc3O2)n1. The lowest BCUT2D eigenvalue weighted by Crippen LogP contribution is -2.41. The summed E-state index contributed by atoms with van der Waals surface area (Å²) in [5, 5.41) is 8.44. The van der Waals surface area contributed by atoms with Crippen LogP contribution in [0.5, 0.6) is 5.75 Å². The molecule has 1 aromatic carbocycles. The Morgan fingerprint density at radius 2 is 2.37 bits per heavy atom. The fraction of sp³-hybridized carbons (Fsp3) is 0.231. The van der Waals surface area contributed by atoms with Crippen molar-refractivity contribution in [1.82, 2.24) is 4.98 Å². The molecule has 0 fully saturated rings. The van der Waals surface area contributed by atoms with Crippen LogP contribution in [0.1, 0.15) is 5.69 Å². The molecule has 0 spiro atoms. The Hall–Kier alpha value is -2.08. The summed E-state index contributed by atoms with van der Waals surface area (Å²) in [6.07, 6.45) is -0.542. The Kier molecular flexibility index (Phi) is 3.08. The molecule has 98 valence electrons. The second-order valence-corrected chi connectivity index (χ2v) is 5.12. The van der Waals surface area contributed by atoms with E-state index in [0.29, 0.717) is 17.4 Å². The zero-order valence-electron chi connectivity index (χ0n) is 10.3. The van der Waals surface area contributed by atoms with Crippen LogP contribution in [0.15, 0.2) is 29.6 Å². The van der Waals surface area contributed by atoms with Crippen LogP contribution in [-0.2, 0) is 4.79 Å². The normalized spacial score (nSPS) is 17.0. The molecular weight excluding hydrogens is 262 g/mol. The molecule has 2 aromatic rings. The van der Waals surface area contributed by atoms with Crippen molar-refractivity contribution in [2.24, 2.45) is 0 Å². The van der Waals surface area contributed by atoms with Crippen LogP contribution < -0.4 is 15.4 Å². The Morgan fingerprint density at radius 1 is 1.53 bits per heavy atom. The number of aryl methyl sites for hydroxylation is 1. The highest BCUT2D eigenvalue weighted by Crippen LogP contribution is 2.28. The summed E-state index contributed by atoms with van der Waals surface area (Å²) < 4.78 is 5.68. The summed E-state index contributed by atoms with van der Waals surface area (Å²) in [5.41, 5.74) is 1.81. The van der Waals surface area contributed by atoms with E-state index >= 15 is 0 Å². The minimum Gasteiger partial charge on any atom is -0.477 e. The third kappa shape index (κ3) is 2.53. The number of aromatic nitrogens is 1. The van der Waals surface area contributed by atoms with Crippen LogP contribution in [-0.4, -0.2) is 23.5 Å². The molecule has 2 N–H and O–H groups in total. The van der Waals surface area contributed by atoms with Crippen LogP contribution in [0.3, 0.4) is 0 Å². The maximum Gasteiger partial charge on any atom is 0.269 e. The van der Waals surface area contributed by atoms with Crippen molar-refractivity contribution in [2.45, 2.75) is 13.0 Å². The van der Waals surface area contributed by atoms with Gasteiger partial charge in [0.15, 0.2) is 11.2 Å². The van der Waals surface area contributed by atoms with Crippen molar-refractivity contribution >= 4 is 28.1 Å². The van der Waals surface area contributed by atoms with Crippen molar-refractivity contribution in [3.63, 3.8) is 0 Å². The average Bonchev–Trinajstić information content (AvgIpc) is 2.83. The van der Waals surface area contributed by atoms with Gasteiger partial charge in [-0.1, -0.05) is 12.1 Å². The number of para-hydroxylation sites is 2. The number of carbonyl (C=O) groups is 1. The molecule has 19 heavy (non-hydrogen) atoms. The monoisotopic (exact) mass is 275 g/mol. The van der Waals surface area contributed by atoms with Gasteiger partial charge < -0.3 is 10.1 Å². The summed E-state index contributed by atoms with van der Waals surface area (Å²) in [6.45, 7) is 2.34. The second kappa shape index (κ2) is 4.89. The Labute approximate surface area is 114 Å². The van der Waals surface area contributed by atoms with Gasteiger partial charge in [0.2, 0.25) is 0 Å². The van der Waals surface area contributed by atoms with E-state index in [1.807, 2.05) is 36.6 Å². The van der Waals surface area contributed by atoms with E-state index < -0.39 is 6.10 Å². The maximum atomic E-state index is 12.1. The van der Waals surface area contributed by atoms with E-state index in [0.717, 1.165) is 11.4 Å². The van der Waals surface area contributed by atoms with Gasteiger partial charge >= 0.3 is 0 Å². The largest absolute Gasteiger partial charge is 0.477 e. The summed E-state index contributed by atoms with van der Waals surface area (Å²) in [6, 6.07) is 7.57. The number of carbonyl (C=O) groups excluding carboxylic acids is 1. The molecule has 5 nitrogen and oxygen atoms in total. The fourth-order valence-electron chi connectivity index (χ4n) is 1.86. The minimum absolute atomic E-state index is 0.184. The zero-order chi connectivity index (χ0) is 13.2. The summed E-state index contributed by atoms with van der Waals surface area (Å²) in [4.78, 5) is 16.3. The highest BCUT2D eigenvalue weighted by atomic mass is 32.1. The number of hydrogen-bond donors (Lipinski definition) is 2. The third-order valence-electron chi connectivity index (χ3n) is 2.78. The lowest BCUT2D eigenvalue weighted by molar-refractivity contribution is -0.122. The predicted octanol–water partition coefficient (Wildman–Crippen LogP) is 2.26. The van der Waals surface area contributed by atoms with Gasteiger partial charge in [0.25, 0.3) is 5.91 Å². The van der Waals surface area contributed by atoms with Gasteiger partial charge in [-0.25, -0.2) is 4.98 Å². The average molecular weight is 275 g/mol. The molecule has 0 saturated carbocycles. The second-order valence-electron chi connectivity index (χ2n) is 4.27. The van der Waals surface area contributed by atoms with Crippen LogP contribution >= 0.6 is 11.3 Å². The quantitative estimate of drug-likeness (QED) is 0.882. The Bertz CT molecular complexity index is 611. The van der Waals surface area contributed by atoms with Crippen LogP contribution in [0, 0.1) is 6.92 Å². The van der Waals surface area contributed by atoms with Gasteiger partial charge in [0.1, 0.15) is 5.75 Å². The van der Waals surface area contributed by atoms with E-state index in [2.05, 4.69) is 15.6 Å². The third-order valence-corrected chi connectivity index (χ3v) is 3.65. The van der Waals surface area contributed by atoms with Gasteiger partial charge in [0, 0.05) is 5.38 Å². The number of anilines is 2. The van der Waals surface area contributed by atoms with E-state index in [9.17, 15) is 4.79 Å². The molecule has 3 rings (SSSR count). The number of thiazole rings is 1. The van der Waals surface area contributed by atoms with E-state index in [4.69, 9.17) is 4.74 Å². The fourth-order valence-corrected chi connectivity index (χ4v) is 2.55. The number of ether oxygens (including phenoxy) is 1. The highest BCUT2D eigenvalue weighted by Gasteiger charge is 2.26. The molecule has 0 aliphatic carbocycles. The lowest BCUT2D eigenvalue weighted by atomic mass is 10.2. The molecule has 2 heterocycles. The molecule has 6 heteroatoms. The Balaban J connectivity index is 1.69. The van der Waals surface area contributed by atoms with Gasteiger partial charge in [-0.3, -0.25) is 10.1 Å². The first-order chi connectivity index (χ1) is 9.22. The van der Waals surface area contributed by atoms with Gasteiger partial charge in [0.05, 0.1) is 17.9 Å². The number of benzene rings is 1. The molecular formula is C13H13N3O2S. The molecule has 1 aliphatic rings. The first-order valence-electron chi connectivity index (χ1n) is 5.95. The van der Waals surface area contributed by atoms with Crippen LogP contribution in [0.25, 0.3) is 0 Å². The molecule has 0 radical (unpaired) electrons. The van der Waals surface area contributed by atoms with Crippen molar-refractivity contribution in [3.8, 4) is 5.75 Å². The number of fused-ring (bicyclic) bond motifs is 1. The standard InChI is InChI=1S/C13H13N3O2S/c1-8-7-19-13(15-8)16-12(17)11-6-14-9-4-2-3-5-10(9)18-11/h2-5,7,11,14H,6H2,1H3,(H,15,16,17). The predicted molar refractivity (Wildman–Crippen MR) is 74.8 cm³/mol. The molecule has 1 atom stereocenters. The first-order valence-corrected chi connectivity index (χ1v) is 6.83. The summed E-state index contributed by atoms with van der Waals surface area (Å²) in [5.74, 6) is 0.514. The van der Waals surface area contributed by atoms with E-state index in [1.54, 1.807) is 0 Å². The minimum atomic E-state index is -0.542. The number of amides is 1. The van der Waals surface area contributed by atoms with Crippen LogP contribution in [0.4, 0.5) is 10.8 Å². The molecule has 1 unspecified atom stereocenters. The van der Waals surface area contributed by atoms with Crippen molar-refractivity contribution in [3.05, 3.63) is 35.3 Å². The number of rotatable bonds is 2. The van der Waals surface area contributed by atoms with Gasteiger partial charge in [-0.2, -0.15) is 0 Å². The van der Waals surface area contributed by atoms with E-state index in [1.165, 1.54) is 11.3 Å². The summed E-state index contributed by atoms with van der Waals surface area (Å²) >= 11 is 1.41. The number of nitrogens with zero attached hydrogens (tertiary/aromatic N) is 1. The molecule has 1 aromatic heterocycles. The zero-order valence-corrected chi connectivity index (χ0v) is 11.2. The molecule has 1 aliphatic heterocycles. The smallest absolute Gasteiger partial charge is 0.269 e. The first kappa shape index (κ1) is 12.0. The van der Waals surface area contributed by atoms with Gasteiger partial charge in [-0.15, -0.1) is 11.3 Å². The summed E-state index contributed by atoms with van der Waals surface area (Å²) in [7, 11) is 0. The molecule has 0 bridgehead atoms. The highest BCUT2D eigenvalue weighted by molar-refractivity contribution is 7.13. The molecule has 0 saturated heterocycles. The lowest BCUT2D eigenvalue weighted by Gasteiger charge is -2.26. The maximum absolute atomic E-state index is 12.1. The van der Waals surface area contributed by atoms with Crippen molar-refractivity contribution in [1.29, 1.82) is 0 Å². The van der Waals surface area contributed by atoms with Crippen molar-refractivity contribution < 1.29 is 9.53 Å². The van der Waals surface area contributed by atoms with Gasteiger partial charge in [-0.05, 0) is 19.1 Å². The number of hydrogen-bond acceptors (Lipinski definition) is 5. The topological polar surface area (TPSA) is 63.2 Å². The van der Waals surface area contributed by atoms with Crippen molar-refractivity contribution in [2.75, 3.05) is 17.2 Å². The number of nitrogens with one attached hydrogen (secondary N) is 2. The van der Waals surface area contributed by atoms with E-state index in [-0.39, 0.29) is 5.91 Å². The van der Waals surface area contributed by atoms with Crippen LogP contribution in [0.2, 0.25) is 0 Å². The molecule has 1 amide bonds.